The van der Waals surface area contributed by atoms with Gasteiger partial charge >= 0.3 is 0 Å². The van der Waals surface area contributed by atoms with Crippen molar-refractivity contribution in [2.24, 2.45) is 0 Å². The average Bonchev–Trinajstić information content (AvgIpc) is 3.34. The van der Waals surface area contributed by atoms with Crippen molar-refractivity contribution in [3.05, 3.63) is 42.0 Å². The summed E-state index contributed by atoms with van der Waals surface area (Å²) in [6.45, 7) is 0. The normalized spacial score (nSPS) is 13.7. The first-order valence-electron chi connectivity index (χ1n) is 10.6. The maximum absolute atomic E-state index is 12.9. The van der Waals surface area contributed by atoms with Crippen molar-refractivity contribution in [3.8, 4) is 17.2 Å². The molecule has 1 aliphatic rings. The fourth-order valence-corrected chi connectivity index (χ4v) is 5.29. The smallest absolute Gasteiger partial charge is 0.269 e. The van der Waals surface area contributed by atoms with Crippen LogP contribution in [-0.2, 0) is 10.0 Å². The Hall–Kier alpha value is -3.09. The van der Waals surface area contributed by atoms with Crippen LogP contribution in [0, 0.1) is 0 Å². The monoisotopic (exact) mass is 508 g/mol. The molecular formula is C22H28N4O6S2. The van der Waals surface area contributed by atoms with Crippen molar-refractivity contribution >= 4 is 38.9 Å². The molecule has 34 heavy (non-hydrogen) atoms. The molecule has 12 heteroatoms. The molecule has 0 spiro atoms. The van der Waals surface area contributed by atoms with Gasteiger partial charge in [-0.3, -0.25) is 15.6 Å². The second-order valence-corrected chi connectivity index (χ2v) is 9.66. The van der Waals surface area contributed by atoms with Crippen LogP contribution in [0.5, 0.6) is 17.2 Å². The molecule has 2 aromatic carbocycles. The predicted octanol–water partition coefficient (Wildman–Crippen LogP) is 2.56. The third-order valence-electron chi connectivity index (χ3n) is 5.32. The molecule has 0 heterocycles. The fraction of sp³-hybridized carbons (Fsp3) is 0.364. The van der Waals surface area contributed by atoms with Crippen LogP contribution in [0.15, 0.2) is 41.3 Å². The zero-order chi connectivity index (χ0) is 24.7. The van der Waals surface area contributed by atoms with E-state index in [1.54, 1.807) is 18.2 Å². The van der Waals surface area contributed by atoms with Crippen molar-refractivity contribution < 1.29 is 27.4 Å². The van der Waals surface area contributed by atoms with Gasteiger partial charge in [-0.2, -0.15) is 0 Å². The van der Waals surface area contributed by atoms with Gasteiger partial charge in [0.05, 0.1) is 21.3 Å². The Morgan fingerprint density at radius 1 is 0.912 bits per heavy atom. The first-order chi connectivity index (χ1) is 16.3. The molecule has 0 unspecified atom stereocenters. The Morgan fingerprint density at radius 3 is 2.21 bits per heavy atom. The number of hydrogen-bond acceptors (Lipinski definition) is 7. The van der Waals surface area contributed by atoms with Crippen molar-refractivity contribution in [3.63, 3.8) is 0 Å². The van der Waals surface area contributed by atoms with Crippen LogP contribution in [-0.4, -0.2) is 46.8 Å². The Balaban J connectivity index is 1.66. The Kier molecular flexibility index (Phi) is 8.53. The fourth-order valence-electron chi connectivity index (χ4n) is 3.62. The summed E-state index contributed by atoms with van der Waals surface area (Å²) in [4.78, 5) is 12.6. The predicted molar refractivity (Wildman–Crippen MR) is 132 cm³/mol. The highest BCUT2D eigenvalue weighted by atomic mass is 32.2. The molecule has 10 nitrogen and oxygen atoms in total. The van der Waals surface area contributed by atoms with Crippen LogP contribution in [0.25, 0.3) is 0 Å². The van der Waals surface area contributed by atoms with E-state index in [0.29, 0.717) is 17.2 Å². The number of carbonyl (C=O) groups is 1. The number of anilines is 1. The zero-order valence-corrected chi connectivity index (χ0v) is 20.8. The van der Waals surface area contributed by atoms with Gasteiger partial charge in [0, 0.05) is 23.4 Å². The molecule has 0 radical (unpaired) electrons. The SMILES string of the molecule is COc1ccc(NC(=S)NNC(=O)c2ccc(OC)c(S(=O)(=O)NC3CCCC3)c2)cc1OC. The number of hydrazine groups is 1. The van der Waals surface area contributed by atoms with Crippen LogP contribution >= 0.6 is 12.2 Å². The summed E-state index contributed by atoms with van der Waals surface area (Å²) in [6, 6.07) is 9.20. The van der Waals surface area contributed by atoms with Crippen LogP contribution in [0.1, 0.15) is 36.0 Å². The first kappa shape index (κ1) is 25.5. The van der Waals surface area contributed by atoms with E-state index >= 15 is 0 Å². The molecule has 184 valence electrons. The van der Waals surface area contributed by atoms with Crippen LogP contribution in [0.2, 0.25) is 0 Å². The molecule has 1 fully saturated rings. The minimum absolute atomic E-state index is 0.0967. The van der Waals surface area contributed by atoms with Gasteiger partial charge in [-0.1, -0.05) is 12.8 Å². The van der Waals surface area contributed by atoms with Gasteiger partial charge < -0.3 is 19.5 Å². The number of rotatable bonds is 8. The van der Waals surface area contributed by atoms with E-state index < -0.39 is 15.9 Å². The molecule has 1 saturated carbocycles. The highest BCUT2D eigenvalue weighted by Gasteiger charge is 2.26. The summed E-state index contributed by atoms with van der Waals surface area (Å²) in [5.41, 5.74) is 5.78. The van der Waals surface area contributed by atoms with E-state index in [4.69, 9.17) is 26.4 Å². The number of benzene rings is 2. The van der Waals surface area contributed by atoms with E-state index in [0.717, 1.165) is 25.7 Å². The third kappa shape index (κ3) is 6.27. The van der Waals surface area contributed by atoms with Gasteiger partial charge in [0.2, 0.25) is 10.0 Å². The Bertz CT molecular complexity index is 1150. The van der Waals surface area contributed by atoms with Gasteiger partial charge in [0.25, 0.3) is 5.91 Å². The highest BCUT2D eigenvalue weighted by Crippen LogP contribution is 2.30. The first-order valence-corrected chi connectivity index (χ1v) is 12.5. The van der Waals surface area contributed by atoms with Crippen LogP contribution in [0.3, 0.4) is 0 Å². The number of sulfonamides is 1. The molecule has 2 aromatic rings. The standard InChI is InChI=1S/C22H28N4O6S2/c1-30-17-11-9-16(13-19(17)32-3)23-22(33)25-24-21(27)14-8-10-18(31-2)20(12-14)34(28,29)26-15-6-4-5-7-15/h8-13,15,26H,4-7H2,1-3H3,(H,24,27)(H2,23,25,33). The lowest BCUT2D eigenvalue weighted by Crippen LogP contribution is -2.43. The summed E-state index contributed by atoms with van der Waals surface area (Å²) >= 11 is 5.21. The largest absolute Gasteiger partial charge is 0.495 e. The highest BCUT2D eigenvalue weighted by molar-refractivity contribution is 7.89. The van der Waals surface area contributed by atoms with Crippen molar-refractivity contribution in [1.29, 1.82) is 0 Å². The summed E-state index contributed by atoms with van der Waals surface area (Å²) in [5.74, 6) is 0.655. The second kappa shape index (κ2) is 11.4. The zero-order valence-electron chi connectivity index (χ0n) is 19.1. The Labute approximate surface area is 204 Å². The number of ether oxygens (including phenoxy) is 3. The van der Waals surface area contributed by atoms with E-state index in [-0.39, 0.29) is 27.4 Å². The summed E-state index contributed by atoms with van der Waals surface area (Å²) in [6.07, 6.45) is 3.54. The number of hydrogen-bond donors (Lipinski definition) is 4. The van der Waals surface area contributed by atoms with Crippen LogP contribution in [0.4, 0.5) is 5.69 Å². The Morgan fingerprint density at radius 2 is 1.56 bits per heavy atom. The molecule has 0 aliphatic heterocycles. The lowest BCUT2D eigenvalue weighted by Gasteiger charge is -2.16. The molecule has 3 rings (SSSR count). The topological polar surface area (TPSA) is 127 Å². The van der Waals surface area contributed by atoms with E-state index in [9.17, 15) is 13.2 Å². The maximum atomic E-state index is 12.9. The number of nitrogens with one attached hydrogen (secondary N) is 4. The quantitative estimate of drug-likeness (QED) is 0.314. The van der Waals surface area contributed by atoms with Crippen molar-refractivity contribution in [2.75, 3.05) is 26.6 Å². The maximum Gasteiger partial charge on any atom is 0.269 e. The number of methoxy groups -OCH3 is 3. The van der Waals surface area contributed by atoms with E-state index in [1.807, 2.05) is 0 Å². The molecule has 0 aromatic heterocycles. The molecule has 0 atom stereocenters. The van der Waals surface area contributed by atoms with Gasteiger partial charge in [-0.25, -0.2) is 13.1 Å². The number of thiocarbonyl (C=S) groups is 1. The van der Waals surface area contributed by atoms with Crippen molar-refractivity contribution in [1.82, 2.24) is 15.6 Å². The van der Waals surface area contributed by atoms with Gasteiger partial charge in [-0.05, 0) is 55.4 Å². The van der Waals surface area contributed by atoms with Gasteiger partial charge in [0.15, 0.2) is 16.6 Å². The molecule has 4 N–H and O–H groups in total. The average molecular weight is 509 g/mol. The molecule has 1 amide bonds. The molecule has 1 aliphatic carbocycles. The molecule has 0 bridgehead atoms. The van der Waals surface area contributed by atoms with Crippen LogP contribution < -0.4 is 35.1 Å². The van der Waals surface area contributed by atoms with Crippen molar-refractivity contribution in [2.45, 2.75) is 36.6 Å². The lowest BCUT2D eigenvalue weighted by molar-refractivity contribution is 0.0944. The van der Waals surface area contributed by atoms with E-state index in [2.05, 4.69) is 20.9 Å². The van der Waals surface area contributed by atoms with Gasteiger partial charge in [-0.15, -0.1) is 0 Å². The van der Waals surface area contributed by atoms with E-state index in [1.165, 1.54) is 39.5 Å². The van der Waals surface area contributed by atoms with Gasteiger partial charge in [0.1, 0.15) is 10.6 Å². The lowest BCUT2D eigenvalue weighted by atomic mass is 10.2. The summed E-state index contributed by atoms with van der Waals surface area (Å²) in [5, 5.41) is 3.03. The summed E-state index contributed by atoms with van der Waals surface area (Å²) < 4.78 is 44.2. The minimum atomic E-state index is -3.86. The number of carbonyl (C=O) groups excluding carboxylic acids is 1. The number of amides is 1. The third-order valence-corrected chi connectivity index (χ3v) is 7.07. The minimum Gasteiger partial charge on any atom is -0.495 e. The summed E-state index contributed by atoms with van der Waals surface area (Å²) in [7, 11) is 0.570. The molecular weight excluding hydrogens is 480 g/mol. The molecule has 0 saturated heterocycles. The second-order valence-electron chi connectivity index (χ2n) is 7.57.